The van der Waals surface area contributed by atoms with E-state index in [2.05, 4.69) is 0 Å². The second-order valence-electron chi connectivity index (χ2n) is 3.76. The molecule has 16 heavy (non-hydrogen) atoms. The topological polar surface area (TPSA) is 20.2 Å². The summed E-state index contributed by atoms with van der Waals surface area (Å²) in [6.07, 6.45) is -0.148. The number of benzene rings is 2. The van der Waals surface area contributed by atoms with Gasteiger partial charge in [0.1, 0.15) is 5.82 Å². The van der Waals surface area contributed by atoms with Crippen LogP contribution in [-0.2, 0) is 6.42 Å². The molecule has 0 radical (unpaired) electrons. The van der Waals surface area contributed by atoms with Gasteiger partial charge in [0.25, 0.3) is 0 Å². The minimum absolute atomic E-state index is 0.266. The molecule has 0 aliphatic rings. The van der Waals surface area contributed by atoms with Gasteiger partial charge in [0.05, 0.1) is 6.10 Å². The van der Waals surface area contributed by atoms with Crippen LogP contribution in [-0.4, -0.2) is 5.11 Å². The average Bonchev–Trinajstić information content (AvgIpc) is 2.30. The number of hydrogen-bond acceptors (Lipinski definition) is 1. The molecule has 0 heterocycles. The van der Waals surface area contributed by atoms with Gasteiger partial charge in [0.2, 0.25) is 0 Å². The number of aliphatic hydroxyl groups excluding tert-OH is 1. The lowest BCUT2D eigenvalue weighted by Gasteiger charge is -2.10. The van der Waals surface area contributed by atoms with Gasteiger partial charge >= 0.3 is 0 Å². The van der Waals surface area contributed by atoms with E-state index < -0.39 is 6.10 Å². The molecule has 2 aromatic rings. The summed E-state index contributed by atoms with van der Waals surface area (Å²) in [4.78, 5) is 0. The molecule has 2 heteroatoms. The zero-order valence-corrected chi connectivity index (χ0v) is 8.81. The summed E-state index contributed by atoms with van der Waals surface area (Å²) in [6, 6.07) is 15.7. The van der Waals surface area contributed by atoms with E-state index in [0.29, 0.717) is 6.42 Å². The van der Waals surface area contributed by atoms with Gasteiger partial charge in [-0.2, -0.15) is 0 Å². The molecule has 1 nitrogen and oxygen atoms in total. The van der Waals surface area contributed by atoms with Gasteiger partial charge in [-0.1, -0.05) is 42.5 Å². The van der Waals surface area contributed by atoms with Gasteiger partial charge in [-0.25, -0.2) is 4.39 Å². The Balaban J connectivity index is 2.11. The Morgan fingerprint density at radius 2 is 1.75 bits per heavy atom. The van der Waals surface area contributed by atoms with Crippen LogP contribution >= 0.6 is 0 Å². The highest BCUT2D eigenvalue weighted by Crippen LogP contribution is 2.18. The van der Waals surface area contributed by atoms with E-state index in [0.717, 1.165) is 11.1 Å². The maximum atomic E-state index is 12.9. The predicted molar refractivity (Wildman–Crippen MR) is 61.5 cm³/mol. The molecule has 0 spiro atoms. The van der Waals surface area contributed by atoms with Crippen LogP contribution in [0.4, 0.5) is 4.39 Å². The maximum absolute atomic E-state index is 12.9. The fourth-order valence-electron chi connectivity index (χ4n) is 1.68. The second kappa shape index (κ2) is 4.90. The molecule has 1 N–H and O–H groups in total. The maximum Gasteiger partial charge on any atom is 0.123 e. The van der Waals surface area contributed by atoms with Gasteiger partial charge in [0.15, 0.2) is 0 Å². The Morgan fingerprint density at radius 1 is 1.00 bits per heavy atom. The van der Waals surface area contributed by atoms with Crippen LogP contribution in [0.15, 0.2) is 54.6 Å². The largest absolute Gasteiger partial charge is 0.388 e. The molecule has 0 saturated carbocycles. The molecule has 0 amide bonds. The molecule has 0 aromatic heterocycles. The molecular formula is C14H13FO. The van der Waals surface area contributed by atoms with Crippen molar-refractivity contribution in [1.82, 2.24) is 0 Å². The first-order valence-corrected chi connectivity index (χ1v) is 5.23. The third-order valence-electron chi connectivity index (χ3n) is 2.50. The van der Waals surface area contributed by atoms with Crippen LogP contribution in [0.1, 0.15) is 17.2 Å². The molecule has 0 bridgehead atoms. The monoisotopic (exact) mass is 216 g/mol. The first kappa shape index (κ1) is 10.8. The number of aliphatic hydroxyl groups is 1. The molecule has 0 saturated heterocycles. The van der Waals surface area contributed by atoms with Crippen molar-refractivity contribution in [2.45, 2.75) is 12.5 Å². The molecule has 2 rings (SSSR count). The average molecular weight is 216 g/mol. The fraction of sp³-hybridized carbons (Fsp3) is 0.143. The summed E-state index contributed by atoms with van der Waals surface area (Å²) in [5.74, 6) is -0.266. The summed E-state index contributed by atoms with van der Waals surface area (Å²) >= 11 is 0. The van der Waals surface area contributed by atoms with E-state index >= 15 is 0 Å². The highest BCUT2D eigenvalue weighted by molar-refractivity contribution is 5.22. The Kier molecular flexibility index (Phi) is 3.32. The van der Waals surface area contributed by atoms with Gasteiger partial charge in [-0.15, -0.1) is 0 Å². The summed E-state index contributed by atoms with van der Waals surface area (Å²) in [5, 5.41) is 9.94. The van der Waals surface area contributed by atoms with Crippen LogP contribution < -0.4 is 0 Å². The molecule has 1 atom stereocenters. The van der Waals surface area contributed by atoms with Crippen LogP contribution in [0.2, 0.25) is 0 Å². The normalized spacial score (nSPS) is 12.4. The van der Waals surface area contributed by atoms with Crippen LogP contribution in [0.25, 0.3) is 0 Å². The standard InChI is InChI=1S/C14H13FO/c15-13-8-4-5-11(9-13)10-14(16)12-6-2-1-3-7-12/h1-9,14,16H,10H2. The minimum Gasteiger partial charge on any atom is -0.388 e. The Morgan fingerprint density at radius 3 is 2.44 bits per heavy atom. The van der Waals surface area contributed by atoms with Gasteiger partial charge in [-0.05, 0) is 23.3 Å². The molecule has 2 aromatic carbocycles. The SMILES string of the molecule is OC(Cc1cccc(F)c1)c1ccccc1. The highest BCUT2D eigenvalue weighted by atomic mass is 19.1. The van der Waals surface area contributed by atoms with Crippen LogP contribution in [0.3, 0.4) is 0 Å². The summed E-state index contributed by atoms with van der Waals surface area (Å²) in [5.41, 5.74) is 1.66. The third-order valence-corrected chi connectivity index (χ3v) is 2.50. The molecule has 1 unspecified atom stereocenters. The Hall–Kier alpha value is -1.67. The number of hydrogen-bond donors (Lipinski definition) is 1. The van der Waals surface area contributed by atoms with E-state index in [9.17, 15) is 9.50 Å². The zero-order valence-electron chi connectivity index (χ0n) is 8.81. The van der Waals surface area contributed by atoms with E-state index in [-0.39, 0.29) is 5.82 Å². The van der Waals surface area contributed by atoms with Crippen molar-refractivity contribution in [2.75, 3.05) is 0 Å². The van der Waals surface area contributed by atoms with E-state index in [1.54, 1.807) is 6.07 Å². The first-order valence-electron chi connectivity index (χ1n) is 5.23. The van der Waals surface area contributed by atoms with Gasteiger partial charge in [0, 0.05) is 6.42 Å². The Bertz CT molecular complexity index is 453. The van der Waals surface area contributed by atoms with Gasteiger partial charge in [-0.3, -0.25) is 0 Å². The quantitative estimate of drug-likeness (QED) is 0.835. The molecule has 82 valence electrons. The molecule has 0 aliphatic heterocycles. The first-order chi connectivity index (χ1) is 7.75. The minimum atomic E-state index is -0.581. The summed E-state index contributed by atoms with van der Waals surface area (Å²) in [7, 11) is 0. The van der Waals surface area contributed by atoms with E-state index in [1.807, 2.05) is 36.4 Å². The molecule has 0 aliphatic carbocycles. The van der Waals surface area contributed by atoms with Crippen molar-refractivity contribution in [3.63, 3.8) is 0 Å². The smallest absolute Gasteiger partial charge is 0.123 e. The van der Waals surface area contributed by atoms with Gasteiger partial charge < -0.3 is 5.11 Å². The van der Waals surface area contributed by atoms with Crippen molar-refractivity contribution in [3.05, 3.63) is 71.5 Å². The van der Waals surface area contributed by atoms with Crippen molar-refractivity contribution < 1.29 is 9.50 Å². The Labute approximate surface area is 94.2 Å². The van der Waals surface area contributed by atoms with Crippen molar-refractivity contribution in [2.24, 2.45) is 0 Å². The summed E-state index contributed by atoms with van der Waals surface area (Å²) < 4.78 is 12.9. The number of halogens is 1. The van der Waals surface area contributed by atoms with Crippen molar-refractivity contribution in [3.8, 4) is 0 Å². The lowest BCUT2D eigenvalue weighted by Crippen LogP contribution is -2.01. The highest BCUT2D eigenvalue weighted by Gasteiger charge is 2.08. The number of rotatable bonds is 3. The zero-order chi connectivity index (χ0) is 11.4. The molecule has 0 fully saturated rings. The van der Waals surface area contributed by atoms with Crippen LogP contribution in [0.5, 0.6) is 0 Å². The third kappa shape index (κ3) is 2.67. The van der Waals surface area contributed by atoms with E-state index in [1.165, 1.54) is 12.1 Å². The molecular weight excluding hydrogens is 203 g/mol. The van der Waals surface area contributed by atoms with Crippen LogP contribution in [0, 0.1) is 5.82 Å². The summed E-state index contributed by atoms with van der Waals surface area (Å²) in [6.45, 7) is 0. The van der Waals surface area contributed by atoms with E-state index in [4.69, 9.17) is 0 Å². The predicted octanol–water partition coefficient (Wildman–Crippen LogP) is 3.10. The fourth-order valence-corrected chi connectivity index (χ4v) is 1.68. The van der Waals surface area contributed by atoms with Crippen molar-refractivity contribution >= 4 is 0 Å². The van der Waals surface area contributed by atoms with Crippen molar-refractivity contribution in [1.29, 1.82) is 0 Å². The lowest BCUT2D eigenvalue weighted by molar-refractivity contribution is 0.178. The lowest BCUT2D eigenvalue weighted by atomic mass is 10.0. The second-order valence-corrected chi connectivity index (χ2v) is 3.76.